The lowest BCUT2D eigenvalue weighted by atomic mass is 9.87. The molecule has 0 unspecified atom stereocenters. The molecule has 0 radical (unpaired) electrons. The average molecular weight is 363 g/mol. The molecule has 1 aromatic rings. The lowest BCUT2D eigenvalue weighted by molar-refractivity contribution is -0.135. The predicted octanol–water partition coefficient (Wildman–Crippen LogP) is 1.00. The van der Waals surface area contributed by atoms with Crippen molar-refractivity contribution in [3.05, 3.63) is 29.8 Å². The minimum absolute atomic E-state index is 0.217. The van der Waals surface area contributed by atoms with E-state index < -0.39 is 23.4 Å². The van der Waals surface area contributed by atoms with Gasteiger partial charge in [0, 0.05) is 13.2 Å². The molecule has 142 valence electrons. The highest BCUT2D eigenvalue weighted by Crippen LogP contribution is 2.33. The molecular weight excluding hydrogens is 338 g/mol. The van der Waals surface area contributed by atoms with Gasteiger partial charge in [-0.25, -0.2) is 4.79 Å². The molecule has 1 saturated heterocycles. The van der Waals surface area contributed by atoms with E-state index in [4.69, 9.17) is 9.47 Å². The zero-order valence-corrected chi connectivity index (χ0v) is 15.5. The first-order chi connectivity index (χ1) is 12.4. The summed E-state index contributed by atoms with van der Waals surface area (Å²) < 4.78 is 10.1. The highest BCUT2D eigenvalue weighted by molar-refractivity contribution is 6.09. The number of hydrogen-bond acceptors (Lipinski definition) is 5. The number of carbonyl (C=O) groups is 3. The van der Waals surface area contributed by atoms with Crippen molar-refractivity contribution < 1.29 is 23.9 Å². The minimum Gasteiger partial charge on any atom is -0.497 e. The van der Waals surface area contributed by atoms with Crippen molar-refractivity contribution >= 4 is 17.8 Å². The average Bonchev–Trinajstić information content (AvgIpc) is 2.87. The molecule has 1 fully saturated rings. The maximum Gasteiger partial charge on any atom is 0.325 e. The fraction of sp³-hybridized carbons (Fsp3) is 0.500. The topological polar surface area (TPSA) is 97.0 Å². The van der Waals surface area contributed by atoms with Crippen molar-refractivity contribution in [3.8, 4) is 5.75 Å². The molecule has 4 amide bonds. The molecule has 2 atom stereocenters. The summed E-state index contributed by atoms with van der Waals surface area (Å²) in [5.41, 5.74) is -0.531. The second kappa shape index (κ2) is 8.18. The molecule has 0 aromatic heterocycles. The molecule has 26 heavy (non-hydrogen) atoms. The molecule has 1 heterocycles. The first kappa shape index (κ1) is 19.7. The Hall–Kier alpha value is -2.61. The number of methoxy groups -OCH3 is 2. The van der Waals surface area contributed by atoms with Gasteiger partial charge in [-0.15, -0.1) is 0 Å². The molecule has 2 rings (SSSR count). The quantitative estimate of drug-likeness (QED) is 0.672. The van der Waals surface area contributed by atoms with Crippen molar-refractivity contribution in [2.75, 3.05) is 27.4 Å². The lowest BCUT2D eigenvalue weighted by Gasteiger charge is -2.26. The predicted molar refractivity (Wildman–Crippen MR) is 94.7 cm³/mol. The summed E-state index contributed by atoms with van der Waals surface area (Å²) in [7, 11) is 3.09. The first-order valence-electron chi connectivity index (χ1n) is 8.44. The third-order valence-corrected chi connectivity index (χ3v) is 4.41. The van der Waals surface area contributed by atoms with Gasteiger partial charge in [-0.3, -0.25) is 14.5 Å². The van der Waals surface area contributed by atoms with Crippen molar-refractivity contribution in [2.45, 2.75) is 31.8 Å². The van der Waals surface area contributed by atoms with Crippen LogP contribution in [-0.4, -0.2) is 56.2 Å². The van der Waals surface area contributed by atoms with Gasteiger partial charge >= 0.3 is 6.03 Å². The Balaban J connectivity index is 2.18. The normalized spacial score (nSPS) is 20.7. The molecule has 0 bridgehead atoms. The summed E-state index contributed by atoms with van der Waals surface area (Å²) in [5.74, 6) is -0.204. The van der Waals surface area contributed by atoms with Gasteiger partial charge in [-0.2, -0.15) is 0 Å². The highest BCUT2D eigenvalue weighted by atomic mass is 16.5. The van der Waals surface area contributed by atoms with Crippen LogP contribution in [0.2, 0.25) is 0 Å². The SMILES string of the molecule is CC[C@]1(c2ccc(OC)cc2)NC(=O)N(CC(=O)N[C@H](C)COC)C1=O. The van der Waals surface area contributed by atoms with Gasteiger partial charge in [-0.1, -0.05) is 19.1 Å². The summed E-state index contributed by atoms with van der Waals surface area (Å²) in [6.45, 7) is 3.60. The fourth-order valence-electron chi connectivity index (χ4n) is 3.04. The van der Waals surface area contributed by atoms with Gasteiger partial charge in [0.15, 0.2) is 0 Å². The molecule has 1 aliphatic rings. The molecule has 8 heteroatoms. The van der Waals surface area contributed by atoms with Gasteiger partial charge in [0.05, 0.1) is 13.7 Å². The van der Waals surface area contributed by atoms with Gasteiger partial charge in [-0.05, 0) is 31.0 Å². The van der Waals surface area contributed by atoms with Crippen LogP contribution in [0.4, 0.5) is 4.79 Å². The van der Waals surface area contributed by atoms with Gasteiger partial charge in [0.2, 0.25) is 5.91 Å². The number of imide groups is 1. The number of carbonyl (C=O) groups excluding carboxylic acids is 3. The Labute approximate surface area is 152 Å². The number of amides is 4. The number of hydrogen-bond donors (Lipinski definition) is 2. The van der Waals surface area contributed by atoms with E-state index in [9.17, 15) is 14.4 Å². The summed E-state index contributed by atoms with van der Waals surface area (Å²) in [6, 6.07) is 6.14. The van der Waals surface area contributed by atoms with Crippen molar-refractivity contribution in [1.29, 1.82) is 0 Å². The fourth-order valence-corrected chi connectivity index (χ4v) is 3.04. The standard InChI is InChI=1S/C18H25N3O5/c1-5-18(13-6-8-14(26-4)9-7-13)16(23)21(17(24)20-18)10-15(22)19-12(2)11-25-3/h6-9,12H,5,10-11H2,1-4H3,(H,19,22)(H,20,24)/t12-,18-/m1/s1. The molecule has 1 aliphatic heterocycles. The van der Waals surface area contributed by atoms with E-state index in [1.165, 1.54) is 7.11 Å². The first-order valence-corrected chi connectivity index (χ1v) is 8.44. The minimum atomic E-state index is -1.18. The Morgan fingerprint density at radius 3 is 2.46 bits per heavy atom. The zero-order chi connectivity index (χ0) is 19.3. The summed E-state index contributed by atoms with van der Waals surface area (Å²) in [6.07, 6.45) is 0.363. The Bertz CT molecular complexity index is 676. The van der Waals surface area contributed by atoms with Crippen LogP contribution in [0.1, 0.15) is 25.8 Å². The van der Waals surface area contributed by atoms with E-state index in [0.717, 1.165) is 4.90 Å². The molecule has 0 spiro atoms. The maximum atomic E-state index is 13.0. The van der Waals surface area contributed by atoms with Crippen LogP contribution in [0, 0.1) is 0 Å². The number of nitrogens with zero attached hydrogens (tertiary/aromatic N) is 1. The van der Waals surface area contributed by atoms with Crippen LogP contribution in [0.3, 0.4) is 0 Å². The smallest absolute Gasteiger partial charge is 0.325 e. The summed E-state index contributed by atoms with van der Waals surface area (Å²) >= 11 is 0. The molecular formula is C18H25N3O5. The van der Waals surface area contributed by atoms with Gasteiger partial charge in [0.25, 0.3) is 5.91 Å². The van der Waals surface area contributed by atoms with E-state index in [1.807, 2.05) is 6.92 Å². The van der Waals surface area contributed by atoms with Gasteiger partial charge < -0.3 is 20.1 Å². The second-order valence-corrected chi connectivity index (χ2v) is 6.23. The third-order valence-electron chi connectivity index (χ3n) is 4.41. The second-order valence-electron chi connectivity index (χ2n) is 6.23. The summed E-state index contributed by atoms with van der Waals surface area (Å²) in [4.78, 5) is 38.4. The number of rotatable bonds is 8. The van der Waals surface area contributed by atoms with Gasteiger partial charge in [0.1, 0.15) is 17.8 Å². The Morgan fingerprint density at radius 1 is 1.27 bits per heavy atom. The number of nitrogens with one attached hydrogen (secondary N) is 2. The molecule has 8 nitrogen and oxygen atoms in total. The van der Waals surface area contributed by atoms with Crippen molar-refractivity contribution in [1.82, 2.24) is 15.5 Å². The molecule has 2 N–H and O–H groups in total. The van der Waals surface area contributed by atoms with Crippen molar-refractivity contribution in [2.24, 2.45) is 0 Å². The van der Waals surface area contributed by atoms with Crippen LogP contribution < -0.4 is 15.4 Å². The summed E-state index contributed by atoms with van der Waals surface area (Å²) in [5, 5.41) is 5.44. The van der Waals surface area contributed by atoms with E-state index in [-0.39, 0.29) is 12.6 Å². The number of urea groups is 1. The molecule has 1 aromatic carbocycles. The van der Waals surface area contributed by atoms with E-state index >= 15 is 0 Å². The van der Waals surface area contributed by atoms with Crippen molar-refractivity contribution in [3.63, 3.8) is 0 Å². The largest absolute Gasteiger partial charge is 0.497 e. The number of ether oxygens (including phenoxy) is 2. The van der Waals surface area contributed by atoms with Crippen LogP contribution in [0.25, 0.3) is 0 Å². The monoisotopic (exact) mass is 363 g/mol. The van der Waals surface area contributed by atoms with Crippen LogP contribution in [0.5, 0.6) is 5.75 Å². The zero-order valence-electron chi connectivity index (χ0n) is 15.5. The van der Waals surface area contributed by atoms with Crippen LogP contribution in [0.15, 0.2) is 24.3 Å². The Morgan fingerprint density at radius 2 is 1.92 bits per heavy atom. The molecule has 0 aliphatic carbocycles. The van der Waals surface area contributed by atoms with Crippen LogP contribution >= 0.6 is 0 Å². The van der Waals surface area contributed by atoms with E-state index in [2.05, 4.69) is 10.6 Å². The Kier molecular flexibility index (Phi) is 6.20. The number of benzene rings is 1. The lowest BCUT2D eigenvalue weighted by Crippen LogP contribution is -2.46. The van der Waals surface area contributed by atoms with E-state index in [0.29, 0.717) is 24.3 Å². The third kappa shape index (κ3) is 3.80. The maximum absolute atomic E-state index is 13.0. The molecule has 0 saturated carbocycles. The van der Waals surface area contributed by atoms with Crippen LogP contribution in [-0.2, 0) is 19.9 Å². The van der Waals surface area contributed by atoms with E-state index in [1.54, 1.807) is 38.3 Å². The highest BCUT2D eigenvalue weighted by Gasteiger charge is 2.51.